The molecule has 0 saturated heterocycles. The van der Waals surface area contributed by atoms with Crippen LogP contribution < -0.4 is 5.32 Å². The maximum atomic E-state index is 12.8. The highest BCUT2D eigenvalue weighted by molar-refractivity contribution is 6.16. The lowest BCUT2D eigenvalue weighted by Crippen LogP contribution is -2.56. The molecule has 4 rings (SSSR count). The molecular weight excluding hydrogens is 334 g/mol. The van der Waals surface area contributed by atoms with Crippen molar-refractivity contribution in [3.05, 3.63) is 82.6 Å². The second-order valence-corrected chi connectivity index (χ2v) is 6.48. The Hall–Kier alpha value is -2.96. The molecule has 1 aliphatic heterocycles. The number of ether oxygens (including phenoxy) is 1. The van der Waals surface area contributed by atoms with Crippen LogP contribution in [0.2, 0.25) is 0 Å². The van der Waals surface area contributed by atoms with Crippen molar-refractivity contribution in [2.24, 2.45) is 0 Å². The van der Waals surface area contributed by atoms with Crippen molar-refractivity contribution in [3.63, 3.8) is 0 Å². The highest BCUT2D eigenvalue weighted by Gasteiger charge is 2.70. The smallest absolute Gasteiger partial charge is 0.339 e. The summed E-state index contributed by atoms with van der Waals surface area (Å²) in [7, 11) is 0. The molecule has 1 aliphatic carbocycles. The maximum absolute atomic E-state index is 12.8. The number of carbonyl (C=O) groups is 2. The van der Waals surface area contributed by atoms with Crippen molar-refractivity contribution >= 4 is 11.8 Å². The van der Waals surface area contributed by atoms with Gasteiger partial charge in [0, 0.05) is 16.8 Å². The fourth-order valence-electron chi connectivity index (χ4n) is 3.70. The molecule has 0 aromatic heterocycles. The van der Waals surface area contributed by atoms with E-state index in [4.69, 9.17) is 4.74 Å². The van der Waals surface area contributed by atoms with Crippen LogP contribution in [0.25, 0.3) is 0 Å². The minimum atomic E-state index is -2.42. The second kappa shape index (κ2) is 5.52. The van der Waals surface area contributed by atoms with E-state index in [0.717, 1.165) is 5.56 Å². The van der Waals surface area contributed by atoms with Crippen LogP contribution in [0.4, 0.5) is 0 Å². The van der Waals surface area contributed by atoms with Crippen molar-refractivity contribution < 1.29 is 24.5 Å². The fourth-order valence-corrected chi connectivity index (χ4v) is 3.70. The molecule has 0 unspecified atom stereocenters. The van der Waals surface area contributed by atoms with Gasteiger partial charge in [-0.15, -0.1) is 0 Å². The number of Topliss-reactive ketones (excluding diaryl/α,β-unsaturated/α-hetero) is 1. The number of esters is 1. The zero-order valence-corrected chi connectivity index (χ0v) is 14.0. The van der Waals surface area contributed by atoms with Gasteiger partial charge in [0.1, 0.15) is 12.2 Å². The lowest BCUT2D eigenvalue weighted by atomic mass is 9.85. The van der Waals surface area contributed by atoms with E-state index in [2.05, 4.69) is 5.32 Å². The monoisotopic (exact) mass is 351 g/mol. The van der Waals surface area contributed by atoms with Gasteiger partial charge in [0.25, 0.3) is 0 Å². The molecule has 0 bridgehead atoms. The number of aliphatic hydroxyl groups is 2. The average Bonchev–Trinajstić information content (AvgIpc) is 2.95. The van der Waals surface area contributed by atoms with Crippen LogP contribution in [0.1, 0.15) is 28.4 Å². The Morgan fingerprint density at radius 1 is 1.08 bits per heavy atom. The molecule has 3 N–H and O–H groups in total. The number of carbonyl (C=O) groups excluding carboxylic acids is 2. The molecule has 0 radical (unpaired) electrons. The fraction of sp³-hybridized carbons (Fsp3) is 0.200. The van der Waals surface area contributed by atoms with Gasteiger partial charge in [-0.2, -0.15) is 0 Å². The number of nitrogens with one attached hydrogen (secondary N) is 1. The van der Waals surface area contributed by atoms with Crippen molar-refractivity contribution in [3.8, 4) is 0 Å². The number of hydrogen-bond acceptors (Lipinski definition) is 6. The molecule has 2 aromatic rings. The van der Waals surface area contributed by atoms with Gasteiger partial charge in [0.2, 0.25) is 17.1 Å². The van der Waals surface area contributed by atoms with E-state index in [-0.39, 0.29) is 29.0 Å². The van der Waals surface area contributed by atoms with Crippen LogP contribution in [-0.2, 0) is 21.9 Å². The Labute approximate surface area is 149 Å². The quantitative estimate of drug-likeness (QED) is 0.723. The lowest BCUT2D eigenvalue weighted by molar-refractivity contribution is -0.148. The largest absolute Gasteiger partial charge is 0.457 e. The summed E-state index contributed by atoms with van der Waals surface area (Å²) in [5.41, 5.74) is -3.40. The Morgan fingerprint density at radius 2 is 1.73 bits per heavy atom. The maximum Gasteiger partial charge on any atom is 0.339 e. The SMILES string of the molecule is CC1=C(C(=O)OCc2ccccc2)[C@@]2(O)C(=O)c3ccccc3[C@]2(O)N1. The van der Waals surface area contributed by atoms with Gasteiger partial charge < -0.3 is 20.3 Å². The molecule has 132 valence electrons. The summed E-state index contributed by atoms with van der Waals surface area (Å²) in [6.07, 6.45) is 0. The Kier molecular flexibility index (Phi) is 3.50. The van der Waals surface area contributed by atoms with Crippen molar-refractivity contribution in [1.82, 2.24) is 5.32 Å². The van der Waals surface area contributed by atoms with Crippen LogP contribution in [0.3, 0.4) is 0 Å². The first-order valence-electron chi connectivity index (χ1n) is 8.19. The van der Waals surface area contributed by atoms with E-state index in [1.165, 1.54) is 13.0 Å². The lowest BCUT2D eigenvalue weighted by Gasteiger charge is -2.31. The molecule has 6 nitrogen and oxygen atoms in total. The summed E-state index contributed by atoms with van der Waals surface area (Å²) >= 11 is 0. The number of fused-ring (bicyclic) bond motifs is 3. The van der Waals surface area contributed by atoms with E-state index >= 15 is 0 Å². The number of ketones is 1. The van der Waals surface area contributed by atoms with Crippen molar-refractivity contribution in [2.45, 2.75) is 24.9 Å². The molecular formula is C20H17NO5. The Balaban J connectivity index is 1.69. The molecule has 0 fully saturated rings. The normalized spacial score (nSPS) is 26.3. The average molecular weight is 351 g/mol. The first kappa shape index (κ1) is 16.5. The molecule has 1 heterocycles. The number of hydrogen-bond donors (Lipinski definition) is 3. The van der Waals surface area contributed by atoms with Gasteiger partial charge in [0.05, 0.1) is 0 Å². The first-order valence-corrected chi connectivity index (χ1v) is 8.19. The van der Waals surface area contributed by atoms with Crippen molar-refractivity contribution in [2.75, 3.05) is 0 Å². The summed E-state index contributed by atoms with van der Waals surface area (Å²) in [6.45, 7) is 1.51. The molecule has 2 aromatic carbocycles. The Morgan fingerprint density at radius 3 is 2.46 bits per heavy atom. The van der Waals surface area contributed by atoms with E-state index in [1.807, 2.05) is 18.2 Å². The van der Waals surface area contributed by atoms with Crippen LogP contribution in [0, 0.1) is 0 Å². The van der Waals surface area contributed by atoms with Gasteiger partial charge in [-0.3, -0.25) is 4.79 Å². The first-order chi connectivity index (χ1) is 12.4. The van der Waals surface area contributed by atoms with Gasteiger partial charge in [-0.25, -0.2) is 4.79 Å². The van der Waals surface area contributed by atoms with Crippen LogP contribution >= 0.6 is 0 Å². The van der Waals surface area contributed by atoms with Gasteiger partial charge >= 0.3 is 5.97 Å². The van der Waals surface area contributed by atoms with E-state index in [1.54, 1.807) is 30.3 Å². The van der Waals surface area contributed by atoms with Crippen LogP contribution in [-0.4, -0.2) is 27.6 Å². The van der Waals surface area contributed by atoms with Gasteiger partial charge in [-0.05, 0) is 12.5 Å². The van der Waals surface area contributed by atoms with E-state index in [9.17, 15) is 19.8 Å². The minimum absolute atomic E-state index is 0.00784. The van der Waals surface area contributed by atoms with Gasteiger partial charge in [0.15, 0.2) is 0 Å². The zero-order chi connectivity index (χ0) is 18.5. The predicted octanol–water partition coefficient (Wildman–Crippen LogP) is 1.38. The van der Waals surface area contributed by atoms with E-state index in [0.29, 0.717) is 0 Å². The zero-order valence-electron chi connectivity index (χ0n) is 14.0. The predicted molar refractivity (Wildman–Crippen MR) is 91.7 cm³/mol. The number of benzene rings is 2. The Bertz CT molecular complexity index is 952. The summed E-state index contributed by atoms with van der Waals surface area (Å²) in [6, 6.07) is 15.4. The second-order valence-electron chi connectivity index (χ2n) is 6.48. The number of rotatable bonds is 3. The summed E-state index contributed by atoms with van der Waals surface area (Å²) in [5.74, 6) is -1.58. The highest BCUT2D eigenvalue weighted by Crippen LogP contribution is 2.51. The molecule has 0 amide bonds. The molecule has 0 saturated carbocycles. The summed E-state index contributed by atoms with van der Waals surface area (Å²) in [4.78, 5) is 25.5. The molecule has 2 aliphatic rings. The standard InChI is InChI=1S/C20H17NO5/c1-12-16(18(23)26-11-13-7-3-2-4-8-13)19(24)17(22)14-9-5-6-10-15(14)20(19,25)21-12/h2-10,21,24-25H,11H2,1H3/t19-,20-/m1/s1. The highest BCUT2D eigenvalue weighted by atomic mass is 16.5. The van der Waals surface area contributed by atoms with Crippen molar-refractivity contribution in [1.29, 1.82) is 0 Å². The summed E-state index contributed by atoms with van der Waals surface area (Å²) in [5, 5.41) is 24.9. The summed E-state index contributed by atoms with van der Waals surface area (Å²) < 4.78 is 5.29. The van der Waals surface area contributed by atoms with E-state index < -0.39 is 23.1 Å². The van der Waals surface area contributed by atoms with Crippen LogP contribution in [0.15, 0.2) is 65.9 Å². The van der Waals surface area contributed by atoms with Crippen LogP contribution in [0.5, 0.6) is 0 Å². The number of allylic oxidation sites excluding steroid dienone is 1. The van der Waals surface area contributed by atoms with Gasteiger partial charge in [-0.1, -0.05) is 54.6 Å². The third-order valence-corrected chi connectivity index (χ3v) is 4.94. The molecule has 0 spiro atoms. The topological polar surface area (TPSA) is 95.9 Å². The third-order valence-electron chi connectivity index (χ3n) is 4.94. The molecule has 6 heteroatoms. The molecule has 26 heavy (non-hydrogen) atoms. The third kappa shape index (κ3) is 2.00. The molecule has 2 atom stereocenters. The minimum Gasteiger partial charge on any atom is -0.457 e.